The lowest BCUT2D eigenvalue weighted by Gasteiger charge is -2.30. The summed E-state index contributed by atoms with van der Waals surface area (Å²) in [6, 6.07) is 3.61. The molecule has 1 aliphatic rings. The first-order chi connectivity index (χ1) is 7.12. The van der Waals surface area contributed by atoms with Crippen LogP contribution >= 0.6 is 0 Å². The van der Waals surface area contributed by atoms with Gasteiger partial charge in [-0.1, -0.05) is 6.07 Å². The fourth-order valence-electron chi connectivity index (χ4n) is 2.04. The topological polar surface area (TPSA) is 68.4 Å². The molecule has 82 valence electrons. The van der Waals surface area contributed by atoms with Gasteiger partial charge >= 0.3 is 0 Å². The van der Waals surface area contributed by atoms with Crippen LogP contribution in [0.1, 0.15) is 18.9 Å². The molecule has 0 saturated carbocycles. The zero-order valence-electron chi connectivity index (χ0n) is 8.81. The molecule has 2 unspecified atom stereocenters. The molecule has 1 saturated heterocycles. The second kappa shape index (κ2) is 3.79. The molecule has 3 N–H and O–H groups in total. The van der Waals surface area contributed by atoms with Crippen LogP contribution in [-0.4, -0.2) is 23.3 Å². The van der Waals surface area contributed by atoms with E-state index >= 15 is 0 Å². The Kier molecular flexibility index (Phi) is 2.63. The summed E-state index contributed by atoms with van der Waals surface area (Å²) < 4.78 is 5.28. The maximum Gasteiger partial charge on any atom is 0.129 e. The first kappa shape index (κ1) is 10.4. The summed E-state index contributed by atoms with van der Waals surface area (Å²) in [5.41, 5.74) is 5.51. The molecule has 1 aromatic heterocycles. The fourth-order valence-corrected chi connectivity index (χ4v) is 2.04. The lowest BCUT2D eigenvalue weighted by atomic mass is 9.82. The number of rotatable bonds is 2. The number of aliphatic hydroxyl groups is 1. The highest BCUT2D eigenvalue weighted by atomic mass is 16.5. The molecule has 1 fully saturated rings. The number of anilines is 1. The number of pyridine rings is 1. The van der Waals surface area contributed by atoms with Crippen molar-refractivity contribution in [2.24, 2.45) is 5.92 Å². The van der Waals surface area contributed by atoms with E-state index in [1.54, 1.807) is 19.2 Å². The number of aromatic nitrogens is 1. The van der Waals surface area contributed by atoms with Crippen molar-refractivity contribution in [1.82, 2.24) is 4.98 Å². The van der Waals surface area contributed by atoms with Crippen molar-refractivity contribution < 1.29 is 9.84 Å². The molecule has 2 atom stereocenters. The van der Waals surface area contributed by atoms with E-state index in [0.29, 0.717) is 24.6 Å². The second-order valence-electron chi connectivity index (χ2n) is 4.14. The fraction of sp³-hybridized carbons (Fsp3) is 0.545. The number of nitrogens with two attached hydrogens (primary N) is 1. The minimum atomic E-state index is -0.950. The van der Waals surface area contributed by atoms with Gasteiger partial charge in [0.25, 0.3) is 0 Å². The molecule has 15 heavy (non-hydrogen) atoms. The van der Waals surface area contributed by atoms with Gasteiger partial charge in [-0.15, -0.1) is 0 Å². The molecule has 2 heterocycles. The predicted molar refractivity (Wildman–Crippen MR) is 57.1 cm³/mol. The standard InChI is InChI=1S/C11H16N2O2/c1-11(14,8-4-6-15-7-8)9-3-2-5-13-10(9)12/h2-3,5,8,14H,4,6-7H2,1H3,(H2,12,13). The van der Waals surface area contributed by atoms with Crippen LogP contribution in [0.2, 0.25) is 0 Å². The summed E-state index contributed by atoms with van der Waals surface area (Å²) in [7, 11) is 0. The third-order valence-corrected chi connectivity index (χ3v) is 3.11. The lowest BCUT2D eigenvalue weighted by Crippen LogP contribution is -2.33. The highest BCUT2D eigenvalue weighted by Crippen LogP contribution is 2.36. The van der Waals surface area contributed by atoms with Gasteiger partial charge in [0.2, 0.25) is 0 Å². The predicted octanol–water partition coefficient (Wildman–Crippen LogP) is 0.908. The maximum absolute atomic E-state index is 10.5. The summed E-state index contributed by atoms with van der Waals surface area (Å²) >= 11 is 0. The van der Waals surface area contributed by atoms with Crippen molar-refractivity contribution >= 4 is 5.82 Å². The molecule has 4 nitrogen and oxygen atoms in total. The molecule has 0 amide bonds. The lowest BCUT2D eigenvalue weighted by molar-refractivity contribution is -0.00926. The Morgan fingerprint density at radius 3 is 3.07 bits per heavy atom. The number of nitrogens with zero attached hydrogens (tertiary/aromatic N) is 1. The van der Waals surface area contributed by atoms with Crippen LogP contribution in [0.15, 0.2) is 18.3 Å². The summed E-state index contributed by atoms with van der Waals surface area (Å²) in [6.07, 6.45) is 2.49. The summed E-state index contributed by atoms with van der Waals surface area (Å²) in [6.45, 7) is 3.07. The smallest absolute Gasteiger partial charge is 0.129 e. The third-order valence-electron chi connectivity index (χ3n) is 3.11. The number of nitrogen functional groups attached to an aromatic ring is 1. The molecule has 1 aromatic rings. The molecular weight excluding hydrogens is 192 g/mol. The van der Waals surface area contributed by atoms with Crippen molar-refractivity contribution in [1.29, 1.82) is 0 Å². The van der Waals surface area contributed by atoms with Gasteiger partial charge in [-0.25, -0.2) is 4.98 Å². The molecule has 0 spiro atoms. The summed E-state index contributed by atoms with van der Waals surface area (Å²) in [5, 5.41) is 10.5. The minimum Gasteiger partial charge on any atom is -0.385 e. The van der Waals surface area contributed by atoms with E-state index in [2.05, 4.69) is 4.98 Å². The first-order valence-electron chi connectivity index (χ1n) is 5.13. The summed E-state index contributed by atoms with van der Waals surface area (Å²) in [5.74, 6) is 0.499. The van der Waals surface area contributed by atoms with E-state index in [9.17, 15) is 5.11 Å². The van der Waals surface area contributed by atoms with E-state index in [1.807, 2.05) is 6.07 Å². The van der Waals surface area contributed by atoms with E-state index in [0.717, 1.165) is 6.42 Å². The first-order valence-corrected chi connectivity index (χ1v) is 5.13. The van der Waals surface area contributed by atoms with Crippen LogP contribution < -0.4 is 5.73 Å². The van der Waals surface area contributed by atoms with Crippen molar-refractivity contribution in [3.63, 3.8) is 0 Å². The zero-order chi connectivity index (χ0) is 10.9. The van der Waals surface area contributed by atoms with Crippen LogP contribution in [-0.2, 0) is 10.3 Å². The van der Waals surface area contributed by atoms with Crippen molar-refractivity contribution in [3.8, 4) is 0 Å². The minimum absolute atomic E-state index is 0.101. The molecule has 1 aliphatic heterocycles. The van der Waals surface area contributed by atoms with Gasteiger partial charge in [0.15, 0.2) is 0 Å². The third kappa shape index (κ3) is 1.82. The van der Waals surface area contributed by atoms with Gasteiger partial charge in [-0.3, -0.25) is 0 Å². The molecule has 2 rings (SSSR count). The normalized spacial score (nSPS) is 25.1. The number of hydrogen-bond acceptors (Lipinski definition) is 4. The van der Waals surface area contributed by atoms with Crippen LogP contribution in [0.4, 0.5) is 5.82 Å². The quantitative estimate of drug-likeness (QED) is 0.758. The van der Waals surface area contributed by atoms with Gasteiger partial charge in [0.1, 0.15) is 5.82 Å². The summed E-state index contributed by atoms with van der Waals surface area (Å²) in [4.78, 5) is 3.99. The van der Waals surface area contributed by atoms with E-state index in [4.69, 9.17) is 10.5 Å². The van der Waals surface area contributed by atoms with Crippen LogP contribution in [0.5, 0.6) is 0 Å². The molecular formula is C11H16N2O2. The van der Waals surface area contributed by atoms with Crippen LogP contribution in [0.3, 0.4) is 0 Å². The molecule has 0 bridgehead atoms. The average molecular weight is 208 g/mol. The largest absolute Gasteiger partial charge is 0.385 e. The number of ether oxygens (including phenoxy) is 1. The van der Waals surface area contributed by atoms with Gasteiger partial charge in [-0.05, 0) is 19.4 Å². The van der Waals surface area contributed by atoms with Crippen molar-refractivity contribution in [3.05, 3.63) is 23.9 Å². The highest BCUT2D eigenvalue weighted by Gasteiger charge is 2.37. The second-order valence-corrected chi connectivity index (χ2v) is 4.14. The Hall–Kier alpha value is -1.13. The van der Waals surface area contributed by atoms with Crippen molar-refractivity contribution in [2.45, 2.75) is 18.9 Å². The molecule has 0 aliphatic carbocycles. The van der Waals surface area contributed by atoms with Gasteiger partial charge in [0, 0.05) is 24.3 Å². The Balaban J connectivity index is 2.31. The SMILES string of the molecule is CC(O)(c1cccnc1N)C1CCOC1. The molecule has 0 radical (unpaired) electrons. The van der Waals surface area contributed by atoms with E-state index < -0.39 is 5.60 Å². The van der Waals surface area contributed by atoms with Gasteiger partial charge in [-0.2, -0.15) is 0 Å². The number of hydrogen-bond donors (Lipinski definition) is 2. The zero-order valence-corrected chi connectivity index (χ0v) is 8.81. The van der Waals surface area contributed by atoms with E-state index in [1.165, 1.54) is 0 Å². The van der Waals surface area contributed by atoms with Crippen LogP contribution in [0.25, 0.3) is 0 Å². The van der Waals surface area contributed by atoms with Crippen LogP contribution in [0, 0.1) is 5.92 Å². The van der Waals surface area contributed by atoms with Gasteiger partial charge in [0.05, 0.1) is 12.2 Å². The van der Waals surface area contributed by atoms with E-state index in [-0.39, 0.29) is 5.92 Å². The Bertz CT molecular complexity index is 346. The van der Waals surface area contributed by atoms with Gasteiger partial charge < -0.3 is 15.6 Å². The Morgan fingerprint density at radius 1 is 1.67 bits per heavy atom. The molecule has 4 heteroatoms. The Labute approximate surface area is 89.1 Å². The average Bonchev–Trinajstić information content (AvgIpc) is 2.71. The Morgan fingerprint density at radius 2 is 2.47 bits per heavy atom. The monoisotopic (exact) mass is 208 g/mol. The molecule has 0 aromatic carbocycles. The highest BCUT2D eigenvalue weighted by molar-refractivity contribution is 5.42. The van der Waals surface area contributed by atoms with Crippen molar-refractivity contribution in [2.75, 3.05) is 18.9 Å². The maximum atomic E-state index is 10.5.